The summed E-state index contributed by atoms with van der Waals surface area (Å²) < 4.78 is 75.1. The van der Waals surface area contributed by atoms with E-state index in [0.29, 0.717) is 19.0 Å². The quantitative estimate of drug-likeness (QED) is 0.316. The Bertz CT molecular complexity index is 1390. The summed E-state index contributed by atoms with van der Waals surface area (Å²) in [4.78, 5) is 56.5. The van der Waals surface area contributed by atoms with Crippen molar-refractivity contribution >= 4 is 35.2 Å². The Kier molecular flexibility index (Phi) is 10.7. The number of hydrogen-bond donors (Lipinski definition) is 2. The summed E-state index contributed by atoms with van der Waals surface area (Å²) in [5.41, 5.74) is -0.746. The van der Waals surface area contributed by atoms with Crippen LogP contribution in [-0.2, 0) is 20.9 Å². The smallest absolute Gasteiger partial charge is 0.475 e. The van der Waals surface area contributed by atoms with Crippen LogP contribution in [-0.4, -0.2) is 81.4 Å². The van der Waals surface area contributed by atoms with Crippen LogP contribution in [0.1, 0.15) is 39.2 Å². The highest BCUT2D eigenvalue weighted by Crippen LogP contribution is 2.38. The average molecular weight is 648 g/mol. The van der Waals surface area contributed by atoms with E-state index >= 15 is 0 Å². The van der Waals surface area contributed by atoms with Crippen molar-refractivity contribution in [2.45, 2.75) is 58.2 Å². The fraction of sp³-hybridized carbons (Fsp3) is 0.464. The molecule has 3 heterocycles. The third-order valence-electron chi connectivity index (χ3n) is 7.12. The summed E-state index contributed by atoms with van der Waals surface area (Å²) in [5, 5.41) is 9.61. The van der Waals surface area contributed by atoms with Crippen LogP contribution >= 0.6 is 0 Å². The molecular weight excluding hydrogens is 616 g/mol. The molecule has 2 saturated heterocycles. The molecule has 2 N–H and O–H groups in total. The number of likely N-dealkylation sites (tertiary alicyclic amines) is 1. The molecule has 2 aliphatic rings. The number of aliphatic carboxylic acids is 1. The number of nitrogens with one attached hydrogen (secondary N) is 1. The van der Waals surface area contributed by atoms with Gasteiger partial charge in [0.05, 0.1) is 17.9 Å². The number of urea groups is 1. The number of carboxylic acids is 1. The molecule has 2 aliphatic heterocycles. The van der Waals surface area contributed by atoms with Gasteiger partial charge in [0.2, 0.25) is 5.91 Å². The lowest BCUT2D eigenvalue weighted by Crippen LogP contribution is -2.43. The number of halogens is 6. The number of pyridine rings is 1. The van der Waals surface area contributed by atoms with Crippen molar-refractivity contribution in [3.8, 4) is 5.75 Å². The molecule has 1 aromatic heterocycles. The Morgan fingerprint density at radius 3 is 2.16 bits per heavy atom. The van der Waals surface area contributed by atoms with E-state index in [2.05, 4.69) is 22.0 Å². The van der Waals surface area contributed by atoms with E-state index in [9.17, 15) is 40.7 Å². The lowest BCUT2D eigenvalue weighted by molar-refractivity contribution is -0.274. The molecule has 246 valence electrons. The van der Waals surface area contributed by atoms with Gasteiger partial charge >= 0.3 is 24.5 Å². The standard InChI is InChI=1S/C26H30F3N5O4.C2HF3O2/c1-17-8-12-32(13-9-17)16-22(35)31-20-14-19(4-5-21(20)38-26(27,28)29)34-23(36)25(2,3)33(24(34)37)15-18-6-10-30-11-7-18;3-2(4,5)1(6)7/h4-7,10-11,14,17H,8-9,12-13,15-16H2,1-3H3,(H,31,35);(H,6,7). The Balaban J connectivity index is 0.000000707. The first kappa shape index (κ1) is 35.1. The van der Waals surface area contributed by atoms with Gasteiger partial charge in [-0.25, -0.2) is 14.5 Å². The van der Waals surface area contributed by atoms with Crippen LogP contribution < -0.4 is 15.0 Å². The predicted octanol–water partition coefficient (Wildman–Crippen LogP) is 5.03. The molecule has 45 heavy (non-hydrogen) atoms. The van der Waals surface area contributed by atoms with E-state index in [1.165, 1.54) is 11.0 Å². The van der Waals surface area contributed by atoms with Crippen LogP contribution in [0.2, 0.25) is 0 Å². The van der Waals surface area contributed by atoms with Gasteiger partial charge in [0.25, 0.3) is 5.91 Å². The molecule has 2 aromatic rings. The van der Waals surface area contributed by atoms with Crippen LogP contribution in [0.5, 0.6) is 5.75 Å². The second kappa shape index (κ2) is 13.7. The van der Waals surface area contributed by atoms with Gasteiger partial charge in [-0.05, 0) is 81.6 Å². The fourth-order valence-corrected chi connectivity index (χ4v) is 4.58. The molecule has 1 aromatic carbocycles. The predicted molar refractivity (Wildman–Crippen MR) is 147 cm³/mol. The second-order valence-corrected chi connectivity index (χ2v) is 11.0. The Labute approximate surface area is 253 Å². The number of hydrogen-bond acceptors (Lipinski definition) is 7. The van der Waals surface area contributed by atoms with Gasteiger partial charge in [0.15, 0.2) is 5.75 Å². The average Bonchev–Trinajstić information content (AvgIpc) is 3.09. The highest BCUT2D eigenvalue weighted by Gasteiger charge is 2.52. The van der Waals surface area contributed by atoms with Gasteiger partial charge in [-0.15, -0.1) is 13.2 Å². The summed E-state index contributed by atoms with van der Waals surface area (Å²) in [6.07, 6.45) is -5.10. The molecule has 4 rings (SSSR count). The van der Waals surface area contributed by atoms with Crippen molar-refractivity contribution in [2.24, 2.45) is 5.92 Å². The van der Waals surface area contributed by atoms with Crippen LogP contribution in [0.15, 0.2) is 42.7 Å². The number of aromatic nitrogens is 1. The van der Waals surface area contributed by atoms with E-state index in [1.54, 1.807) is 38.4 Å². The first-order valence-corrected chi connectivity index (χ1v) is 13.6. The number of amides is 4. The van der Waals surface area contributed by atoms with E-state index in [0.717, 1.165) is 35.4 Å². The SMILES string of the molecule is CC1CCN(CC(=O)Nc2cc(N3C(=O)N(Cc4ccncc4)C(C)(C)C3=O)ccc2OC(F)(F)F)CC1.O=C(O)C(F)(F)F. The van der Waals surface area contributed by atoms with Crippen LogP contribution in [0.3, 0.4) is 0 Å². The van der Waals surface area contributed by atoms with Gasteiger partial charge in [0.1, 0.15) is 5.54 Å². The van der Waals surface area contributed by atoms with Crippen molar-refractivity contribution in [3.05, 3.63) is 48.3 Å². The lowest BCUT2D eigenvalue weighted by Gasteiger charge is -2.29. The molecule has 0 bridgehead atoms. The number of alkyl halides is 6. The minimum Gasteiger partial charge on any atom is -0.475 e. The summed E-state index contributed by atoms with van der Waals surface area (Å²) >= 11 is 0. The summed E-state index contributed by atoms with van der Waals surface area (Å²) in [6, 6.07) is 6.12. The maximum absolute atomic E-state index is 13.4. The largest absolute Gasteiger partial charge is 0.573 e. The maximum Gasteiger partial charge on any atom is 0.573 e. The third-order valence-corrected chi connectivity index (χ3v) is 7.12. The maximum atomic E-state index is 13.4. The van der Waals surface area contributed by atoms with Crippen LogP contribution in [0.25, 0.3) is 0 Å². The number of benzene rings is 1. The van der Waals surface area contributed by atoms with Gasteiger partial charge in [0, 0.05) is 18.9 Å². The van der Waals surface area contributed by atoms with Crippen molar-refractivity contribution in [2.75, 3.05) is 29.9 Å². The number of imide groups is 1. The molecule has 0 spiro atoms. The number of carbonyl (C=O) groups excluding carboxylic acids is 3. The molecule has 0 unspecified atom stereocenters. The van der Waals surface area contributed by atoms with Crippen molar-refractivity contribution < 1.29 is 55.4 Å². The van der Waals surface area contributed by atoms with Crippen molar-refractivity contribution in [3.63, 3.8) is 0 Å². The number of piperidine rings is 1. The van der Waals surface area contributed by atoms with Gasteiger partial charge in [-0.2, -0.15) is 13.2 Å². The molecule has 11 nitrogen and oxygen atoms in total. The minimum atomic E-state index is -5.08. The van der Waals surface area contributed by atoms with Crippen molar-refractivity contribution in [1.82, 2.24) is 14.8 Å². The zero-order chi connectivity index (χ0) is 33.7. The number of rotatable bonds is 7. The third kappa shape index (κ3) is 9.29. The topological polar surface area (TPSA) is 132 Å². The molecule has 17 heteroatoms. The molecule has 2 fully saturated rings. The normalized spacial score (nSPS) is 17.5. The number of ether oxygens (including phenoxy) is 1. The number of anilines is 2. The van der Waals surface area contributed by atoms with E-state index in [1.807, 2.05) is 4.90 Å². The molecule has 0 radical (unpaired) electrons. The second-order valence-electron chi connectivity index (χ2n) is 11.0. The van der Waals surface area contributed by atoms with Crippen LogP contribution in [0, 0.1) is 5.92 Å². The fourth-order valence-electron chi connectivity index (χ4n) is 4.58. The number of carboxylic acid groups (broad SMARTS) is 1. The van der Waals surface area contributed by atoms with Gasteiger partial charge in [-0.1, -0.05) is 6.92 Å². The van der Waals surface area contributed by atoms with E-state index < -0.39 is 47.6 Å². The summed E-state index contributed by atoms with van der Waals surface area (Å²) in [6.45, 7) is 6.86. The Morgan fingerprint density at radius 2 is 1.62 bits per heavy atom. The molecule has 0 aliphatic carbocycles. The van der Waals surface area contributed by atoms with E-state index in [-0.39, 0.29) is 24.5 Å². The lowest BCUT2D eigenvalue weighted by atomic mass is 9.99. The highest BCUT2D eigenvalue weighted by atomic mass is 19.4. The molecule has 4 amide bonds. The monoisotopic (exact) mass is 647 g/mol. The van der Waals surface area contributed by atoms with Crippen molar-refractivity contribution in [1.29, 1.82) is 0 Å². The van der Waals surface area contributed by atoms with Gasteiger partial charge < -0.3 is 20.1 Å². The number of nitrogens with zero attached hydrogens (tertiary/aromatic N) is 4. The highest BCUT2D eigenvalue weighted by molar-refractivity contribution is 6.23. The number of carbonyl (C=O) groups is 4. The van der Waals surface area contributed by atoms with E-state index in [4.69, 9.17) is 9.90 Å². The molecule has 0 atom stereocenters. The Hall–Kier alpha value is -4.41. The summed E-state index contributed by atoms with van der Waals surface area (Å²) in [7, 11) is 0. The van der Waals surface area contributed by atoms with Gasteiger partial charge in [-0.3, -0.25) is 19.5 Å². The zero-order valence-corrected chi connectivity index (χ0v) is 24.4. The Morgan fingerprint density at radius 1 is 1.04 bits per heavy atom. The first-order chi connectivity index (χ1) is 20.8. The zero-order valence-electron chi connectivity index (χ0n) is 24.4. The molecule has 0 saturated carbocycles. The molecular formula is C28H31F6N5O6. The minimum absolute atomic E-state index is 0.00325. The summed E-state index contributed by atoms with van der Waals surface area (Å²) in [5.74, 6) is -3.93. The van der Waals surface area contributed by atoms with Crippen LogP contribution in [0.4, 0.5) is 42.5 Å². The first-order valence-electron chi connectivity index (χ1n) is 13.6.